The second-order valence-electron chi connectivity index (χ2n) is 6.18. The molecule has 0 saturated heterocycles. The van der Waals surface area contributed by atoms with Crippen molar-refractivity contribution in [3.05, 3.63) is 77.9 Å². The van der Waals surface area contributed by atoms with Gasteiger partial charge in [-0.3, -0.25) is 0 Å². The molecule has 0 N–H and O–H groups in total. The number of fused-ring (bicyclic) bond motifs is 8. The standard InChI is InChI=1S/C20H16N/c1-12-6-5-9-17-14(12)10-11-18-15-7-3-4-8-16(15)19-13(2)20(19)21(17)18/h3-11,19-20H,2H2,1H3/q+1/t19-,20+/m1/s1. The maximum Gasteiger partial charge on any atom is 0.213 e. The molecule has 5 rings (SSSR count). The molecule has 0 spiro atoms. The van der Waals surface area contributed by atoms with Gasteiger partial charge in [0, 0.05) is 23.1 Å². The Kier molecular flexibility index (Phi) is 1.94. The summed E-state index contributed by atoms with van der Waals surface area (Å²) in [7, 11) is 0. The third kappa shape index (κ3) is 1.29. The Bertz CT molecular complexity index is 936. The van der Waals surface area contributed by atoms with E-state index in [-0.39, 0.29) is 0 Å². The normalized spacial score (nSPS) is 21.7. The third-order valence-corrected chi connectivity index (χ3v) is 5.06. The highest BCUT2D eigenvalue weighted by Gasteiger charge is 2.57. The van der Waals surface area contributed by atoms with E-state index >= 15 is 0 Å². The molecule has 3 aromatic rings. The Morgan fingerprint density at radius 1 is 0.952 bits per heavy atom. The Hall–Kier alpha value is -2.41. The van der Waals surface area contributed by atoms with Gasteiger partial charge in [-0.15, -0.1) is 0 Å². The van der Waals surface area contributed by atoms with E-state index in [1.807, 2.05) is 0 Å². The van der Waals surface area contributed by atoms with Crippen LogP contribution in [-0.4, -0.2) is 0 Å². The first-order chi connectivity index (χ1) is 10.3. The summed E-state index contributed by atoms with van der Waals surface area (Å²) < 4.78 is 2.50. The lowest BCUT2D eigenvalue weighted by Gasteiger charge is -2.15. The molecule has 0 amide bonds. The summed E-state index contributed by atoms with van der Waals surface area (Å²) in [6, 6.07) is 20.3. The maximum atomic E-state index is 4.32. The van der Waals surface area contributed by atoms with Crippen LogP contribution >= 0.6 is 0 Å². The van der Waals surface area contributed by atoms with Crippen LogP contribution in [0.1, 0.15) is 23.1 Å². The molecule has 2 heterocycles. The highest BCUT2D eigenvalue weighted by molar-refractivity contribution is 5.82. The van der Waals surface area contributed by atoms with Crippen molar-refractivity contribution in [2.24, 2.45) is 0 Å². The Labute approximate surface area is 124 Å². The van der Waals surface area contributed by atoms with Crippen LogP contribution in [0.15, 0.2) is 66.7 Å². The summed E-state index contributed by atoms with van der Waals surface area (Å²) in [5, 5.41) is 1.35. The molecule has 100 valence electrons. The largest absolute Gasteiger partial charge is 0.213 e. The topological polar surface area (TPSA) is 3.88 Å². The predicted molar refractivity (Wildman–Crippen MR) is 85.2 cm³/mol. The molecule has 0 unspecified atom stereocenters. The first kappa shape index (κ1) is 11.3. The van der Waals surface area contributed by atoms with Gasteiger partial charge in [0.1, 0.15) is 0 Å². The average molecular weight is 270 g/mol. The van der Waals surface area contributed by atoms with Gasteiger partial charge in [0.25, 0.3) is 0 Å². The minimum absolute atomic E-state index is 0.445. The quantitative estimate of drug-likeness (QED) is 0.423. The zero-order valence-corrected chi connectivity index (χ0v) is 12.0. The predicted octanol–water partition coefficient (Wildman–Crippen LogP) is 4.31. The summed E-state index contributed by atoms with van der Waals surface area (Å²) in [5.74, 6) is 0.504. The van der Waals surface area contributed by atoms with Crippen molar-refractivity contribution >= 4 is 10.9 Å². The minimum Gasteiger partial charge on any atom is -0.184 e. The molecule has 0 radical (unpaired) electrons. The molecule has 21 heavy (non-hydrogen) atoms. The van der Waals surface area contributed by atoms with Gasteiger partial charge < -0.3 is 0 Å². The fraction of sp³-hybridized carbons (Fsp3) is 0.150. The number of benzene rings is 2. The number of hydrogen-bond acceptors (Lipinski definition) is 0. The van der Waals surface area contributed by atoms with Gasteiger partial charge in [-0.05, 0) is 30.2 Å². The number of aromatic nitrogens is 1. The molecule has 2 aliphatic rings. The zero-order valence-electron chi connectivity index (χ0n) is 12.0. The fourth-order valence-corrected chi connectivity index (χ4v) is 3.97. The summed E-state index contributed by atoms with van der Waals surface area (Å²) in [6.07, 6.45) is 0. The molecule has 2 atom stereocenters. The van der Waals surface area contributed by atoms with Crippen molar-refractivity contribution in [3.8, 4) is 11.3 Å². The first-order valence-corrected chi connectivity index (χ1v) is 7.49. The minimum atomic E-state index is 0.445. The lowest BCUT2D eigenvalue weighted by atomic mass is 9.95. The van der Waals surface area contributed by atoms with E-state index in [4.69, 9.17) is 0 Å². The van der Waals surface area contributed by atoms with E-state index in [1.54, 1.807) is 0 Å². The van der Waals surface area contributed by atoms with E-state index < -0.39 is 0 Å². The third-order valence-electron chi connectivity index (χ3n) is 5.06. The second kappa shape index (κ2) is 3.62. The van der Waals surface area contributed by atoms with Crippen LogP contribution < -0.4 is 4.57 Å². The summed E-state index contributed by atoms with van der Waals surface area (Å²) in [6.45, 7) is 6.50. The molecule has 1 saturated carbocycles. The molecule has 2 aromatic carbocycles. The van der Waals surface area contributed by atoms with Crippen LogP contribution in [0.3, 0.4) is 0 Å². The first-order valence-electron chi connectivity index (χ1n) is 7.49. The Morgan fingerprint density at radius 2 is 1.81 bits per heavy atom. The maximum absolute atomic E-state index is 4.32. The molecule has 0 bridgehead atoms. The molecule has 1 aromatic heterocycles. The number of nitrogens with zero attached hydrogens (tertiary/aromatic N) is 1. The van der Waals surface area contributed by atoms with Crippen molar-refractivity contribution in [3.63, 3.8) is 0 Å². The van der Waals surface area contributed by atoms with Gasteiger partial charge in [-0.25, -0.2) is 0 Å². The van der Waals surface area contributed by atoms with E-state index in [0.29, 0.717) is 12.0 Å². The molecule has 1 heteroatoms. The molecule has 1 fully saturated rings. The van der Waals surface area contributed by atoms with Crippen LogP contribution in [0, 0.1) is 6.92 Å². The smallest absolute Gasteiger partial charge is 0.184 e. The highest BCUT2D eigenvalue weighted by atomic mass is 15.1. The molecule has 1 nitrogen and oxygen atoms in total. The Balaban J connectivity index is 1.96. The number of pyridine rings is 1. The van der Waals surface area contributed by atoms with Gasteiger partial charge >= 0.3 is 0 Å². The van der Waals surface area contributed by atoms with E-state index in [1.165, 1.54) is 38.9 Å². The van der Waals surface area contributed by atoms with Crippen LogP contribution in [0.4, 0.5) is 0 Å². The number of rotatable bonds is 0. The number of allylic oxidation sites excluding steroid dienone is 1. The van der Waals surface area contributed by atoms with Gasteiger partial charge in [0.15, 0.2) is 6.04 Å². The molecule has 1 aliphatic carbocycles. The highest BCUT2D eigenvalue weighted by Crippen LogP contribution is 2.58. The second-order valence-corrected chi connectivity index (χ2v) is 6.18. The van der Waals surface area contributed by atoms with Crippen molar-refractivity contribution in [1.29, 1.82) is 0 Å². The van der Waals surface area contributed by atoms with Crippen LogP contribution in [-0.2, 0) is 0 Å². The monoisotopic (exact) mass is 270 g/mol. The number of aryl methyl sites for hydroxylation is 1. The van der Waals surface area contributed by atoms with Crippen molar-refractivity contribution in [1.82, 2.24) is 0 Å². The van der Waals surface area contributed by atoms with Crippen molar-refractivity contribution < 1.29 is 4.57 Å². The van der Waals surface area contributed by atoms with E-state index in [9.17, 15) is 0 Å². The van der Waals surface area contributed by atoms with Gasteiger partial charge in [0.05, 0.1) is 11.5 Å². The Morgan fingerprint density at radius 3 is 2.71 bits per heavy atom. The number of hydrogen-bond donors (Lipinski definition) is 0. The lowest BCUT2D eigenvalue weighted by Crippen LogP contribution is -2.39. The average Bonchev–Trinajstić information content (AvgIpc) is 3.19. The van der Waals surface area contributed by atoms with Gasteiger partial charge in [-0.2, -0.15) is 4.57 Å². The van der Waals surface area contributed by atoms with Crippen molar-refractivity contribution in [2.45, 2.75) is 18.9 Å². The summed E-state index contributed by atoms with van der Waals surface area (Å²) in [5.41, 5.74) is 8.14. The van der Waals surface area contributed by atoms with Crippen LogP contribution in [0.5, 0.6) is 0 Å². The summed E-state index contributed by atoms with van der Waals surface area (Å²) >= 11 is 0. The molecular weight excluding hydrogens is 254 g/mol. The van der Waals surface area contributed by atoms with Gasteiger partial charge in [-0.1, -0.05) is 36.9 Å². The molecular formula is C20H16N+. The lowest BCUT2D eigenvalue weighted by molar-refractivity contribution is -0.663. The van der Waals surface area contributed by atoms with E-state index in [2.05, 4.69) is 72.7 Å². The van der Waals surface area contributed by atoms with Crippen LogP contribution in [0.25, 0.3) is 22.2 Å². The van der Waals surface area contributed by atoms with Gasteiger partial charge in [0.2, 0.25) is 11.2 Å². The molecule has 1 aliphatic heterocycles. The van der Waals surface area contributed by atoms with E-state index in [0.717, 1.165) is 0 Å². The fourth-order valence-electron chi connectivity index (χ4n) is 3.97. The van der Waals surface area contributed by atoms with Crippen molar-refractivity contribution in [2.75, 3.05) is 0 Å². The zero-order chi connectivity index (χ0) is 14.1. The van der Waals surface area contributed by atoms with Crippen LogP contribution in [0.2, 0.25) is 0 Å². The summed E-state index contributed by atoms with van der Waals surface area (Å²) in [4.78, 5) is 0. The SMILES string of the molecule is C=C1[C@@H]2c3ccccc3-c3ccc4c(C)cccc4[n+]3[C@@H]12.